The van der Waals surface area contributed by atoms with E-state index in [1.807, 2.05) is 30.3 Å². The summed E-state index contributed by atoms with van der Waals surface area (Å²) in [5.74, 6) is 3.20. The Hall–Kier alpha value is -3.27. The van der Waals surface area contributed by atoms with E-state index in [2.05, 4.69) is 78.8 Å². The van der Waals surface area contributed by atoms with Crippen LogP contribution in [0.1, 0.15) is 132 Å². The number of anilines is 1. The summed E-state index contributed by atoms with van der Waals surface area (Å²) < 4.78 is 6.51. The molecule has 2 saturated carbocycles. The van der Waals surface area contributed by atoms with Crippen LogP contribution in [0.2, 0.25) is 0 Å². The fourth-order valence-electron chi connectivity index (χ4n) is 6.30. The quantitative estimate of drug-likeness (QED) is 0.272. The van der Waals surface area contributed by atoms with E-state index < -0.39 is 0 Å². The summed E-state index contributed by atoms with van der Waals surface area (Å²) in [5, 5.41) is 11.4. The molecule has 41 heavy (non-hydrogen) atoms. The fourth-order valence-corrected chi connectivity index (χ4v) is 6.30. The van der Waals surface area contributed by atoms with Crippen LogP contribution in [0.25, 0.3) is 0 Å². The Morgan fingerprint density at radius 1 is 0.732 bits per heavy atom. The van der Waals surface area contributed by atoms with Crippen molar-refractivity contribution in [1.82, 2.24) is 0 Å². The monoisotopic (exact) mass is 553 g/mol. The van der Waals surface area contributed by atoms with Crippen molar-refractivity contribution in [2.45, 2.75) is 104 Å². The van der Waals surface area contributed by atoms with Gasteiger partial charge in [-0.25, -0.2) is 4.79 Å². The highest BCUT2D eigenvalue weighted by atomic mass is 16.6. The SMILES string of the molecule is CC(C)c1cc(N(C(=O)Oc2c(C(C)C)cccc2[C@H](C)C2CC2)[C@@H](C)c2ccccc2)cc([C@H](C)C2CC2)c1O. The average Bonchev–Trinajstić information content (AvgIpc) is 3.87. The molecule has 2 aliphatic rings. The molecule has 0 unspecified atom stereocenters. The highest BCUT2D eigenvalue weighted by Gasteiger charge is 2.35. The van der Waals surface area contributed by atoms with Crippen molar-refractivity contribution in [1.29, 1.82) is 0 Å². The highest BCUT2D eigenvalue weighted by molar-refractivity contribution is 5.91. The highest BCUT2D eigenvalue weighted by Crippen LogP contribution is 2.49. The van der Waals surface area contributed by atoms with Gasteiger partial charge in [-0.3, -0.25) is 4.90 Å². The van der Waals surface area contributed by atoms with Gasteiger partial charge in [0, 0.05) is 5.69 Å². The third-order valence-electron chi connectivity index (χ3n) is 9.45. The molecule has 0 heterocycles. The van der Waals surface area contributed by atoms with Crippen molar-refractivity contribution >= 4 is 11.8 Å². The molecule has 3 atom stereocenters. The second kappa shape index (κ2) is 11.9. The van der Waals surface area contributed by atoms with Gasteiger partial charge < -0.3 is 9.84 Å². The molecule has 2 aliphatic carbocycles. The van der Waals surface area contributed by atoms with Crippen molar-refractivity contribution in [3.05, 3.63) is 88.5 Å². The van der Waals surface area contributed by atoms with Gasteiger partial charge in [0.2, 0.25) is 0 Å². The molecule has 0 bridgehead atoms. The number of hydrogen-bond donors (Lipinski definition) is 1. The van der Waals surface area contributed by atoms with E-state index in [1.165, 1.54) is 25.7 Å². The number of phenolic OH excluding ortho intramolecular Hbond substituents is 1. The van der Waals surface area contributed by atoms with Gasteiger partial charge in [0.1, 0.15) is 11.5 Å². The minimum atomic E-state index is -0.385. The predicted octanol–water partition coefficient (Wildman–Crippen LogP) is 10.4. The second-order valence-corrected chi connectivity index (χ2v) is 13.1. The minimum Gasteiger partial charge on any atom is -0.507 e. The van der Waals surface area contributed by atoms with Gasteiger partial charge >= 0.3 is 6.09 Å². The number of hydrogen-bond acceptors (Lipinski definition) is 3. The summed E-state index contributed by atoms with van der Waals surface area (Å²) in [4.78, 5) is 16.3. The molecule has 3 aromatic rings. The molecule has 0 radical (unpaired) electrons. The lowest BCUT2D eigenvalue weighted by Gasteiger charge is -2.32. The standard InChI is InChI=1S/C37H47NO3/c1-22(2)31-14-11-15-32(24(5)27-16-17-27)36(31)41-37(40)38(26(7)29-12-9-8-10-13-29)30-20-33(23(3)4)35(39)34(21-30)25(6)28-18-19-28/h8-15,20-28,39H,16-19H2,1-7H3/t24-,25-,26+/m1/s1. The molecular weight excluding hydrogens is 506 g/mol. The lowest BCUT2D eigenvalue weighted by atomic mass is 9.89. The van der Waals surface area contributed by atoms with Gasteiger partial charge in [0.15, 0.2) is 0 Å². The van der Waals surface area contributed by atoms with Crippen LogP contribution in [0.5, 0.6) is 11.5 Å². The number of phenols is 1. The smallest absolute Gasteiger partial charge is 0.420 e. The van der Waals surface area contributed by atoms with Crippen molar-refractivity contribution < 1.29 is 14.6 Å². The minimum absolute atomic E-state index is 0.109. The van der Waals surface area contributed by atoms with Gasteiger partial charge in [0.05, 0.1) is 6.04 Å². The number of amides is 1. The summed E-state index contributed by atoms with van der Waals surface area (Å²) in [7, 11) is 0. The zero-order valence-corrected chi connectivity index (χ0v) is 25.9. The van der Waals surface area contributed by atoms with Crippen LogP contribution in [0.15, 0.2) is 60.7 Å². The molecule has 2 fully saturated rings. The molecule has 4 nitrogen and oxygen atoms in total. The molecule has 5 rings (SSSR count). The van der Waals surface area contributed by atoms with Crippen molar-refractivity contribution in [2.24, 2.45) is 11.8 Å². The fraction of sp³-hybridized carbons (Fsp3) is 0.486. The molecule has 4 heteroatoms. The van der Waals surface area contributed by atoms with Crippen LogP contribution in [0, 0.1) is 11.8 Å². The normalized spacial score (nSPS) is 17.4. The van der Waals surface area contributed by atoms with Crippen molar-refractivity contribution in [3.63, 3.8) is 0 Å². The van der Waals surface area contributed by atoms with Crippen molar-refractivity contribution in [2.75, 3.05) is 4.90 Å². The summed E-state index contributed by atoms with van der Waals surface area (Å²) in [6.07, 6.45) is 4.43. The maximum absolute atomic E-state index is 14.5. The number of aromatic hydroxyl groups is 1. The van der Waals surface area contributed by atoms with E-state index in [1.54, 1.807) is 4.90 Å². The first-order valence-corrected chi connectivity index (χ1v) is 15.6. The molecule has 218 valence electrons. The molecular formula is C37H47NO3. The van der Waals surface area contributed by atoms with E-state index in [0.29, 0.717) is 29.3 Å². The lowest BCUT2D eigenvalue weighted by Crippen LogP contribution is -2.36. The number of nitrogens with zero attached hydrogens (tertiary/aromatic N) is 1. The van der Waals surface area contributed by atoms with Gasteiger partial charge in [0.25, 0.3) is 0 Å². The third-order valence-corrected chi connectivity index (χ3v) is 9.45. The largest absolute Gasteiger partial charge is 0.507 e. The zero-order chi connectivity index (χ0) is 29.4. The van der Waals surface area contributed by atoms with Crippen LogP contribution in [0.3, 0.4) is 0 Å². The number of rotatable bonds is 10. The number of carbonyl (C=O) groups excluding carboxylic acids is 1. The van der Waals surface area contributed by atoms with E-state index in [-0.39, 0.29) is 29.9 Å². The van der Waals surface area contributed by atoms with Crippen LogP contribution in [-0.2, 0) is 0 Å². The molecule has 0 saturated heterocycles. The Morgan fingerprint density at radius 2 is 1.27 bits per heavy atom. The van der Waals surface area contributed by atoms with Crippen molar-refractivity contribution in [3.8, 4) is 11.5 Å². The maximum atomic E-state index is 14.5. The van der Waals surface area contributed by atoms with Gasteiger partial charge in [-0.05, 0) is 108 Å². The van der Waals surface area contributed by atoms with Crippen LogP contribution in [-0.4, -0.2) is 11.2 Å². The summed E-state index contributed by atoms with van der Waals surface area (Å²) in [6.45, 7) is 15.0. The molecule has 1 N–H and O–H groups in total. The predicted molar refractivity (Wildman–Crippen MR) is 168 cm³/mol. The second-order valence-electron chi connectivity index (χ2n) is 13.1. The van der Waals surface area contributed by atoms with Crippen LogP contribution in [0.4, 0.5) is 10.5 Å². The molecule has 0 spiro atoms. The first-order valence-electron chi connectivity index (χ1n) is 15.6. The molecule has 1 amide bonds. The number of carbonyl (C=O) groups is 1. The van der Waals surface area contributed by atoms with E-state index in [0.717, 1.165) is 33.5 Å². The van der Waals surface area contributed by atoms with Gasteiger partial charge in [-0.1, -0.05) is 90.1 Å². The zero-order valence-electron chi connectivity index (χ0n) is 25.9. The molecule has 0 aromatic heterocycles. The number of benzene rings is 3. The molecule has 3 aromatic carbocycles. The third kappa shape index (κ3) is 6.17. The topological polar surface area (TPSA) is 49.8 Å². The molecule has 0 aliphatic heterocycles. The maximum Gasteiger partial charge on any atom is 0.420 e. The Labute approximate surface area is 246 Å². The Morgan fingerprint density at radius 3 is 1.83 bits per heavy atom. The Balaban J connectivity index is 1.62. The summed E-state index contributed by atoms with van der Waals surface area (Å²) in [6, 6.07) is 20.2. The average molecular weight is 554 g/mol. The Bertz CT molecular complexity index is 1370. The number of para-hydroxylation sites is 1. The van der Waals surface area contributed by atoms with E-state index in [4.69, 9.17) is 4.74 Å². The van der Waals surface area contributed by atoms with Gasteiger partial charge in [-0.2, -0.15) is 0 Å². The lowest BCUT2D eigenvalue weighted by molar-refractivity contribution is 0.204. The summed E-state index contributed by atoms with van der Waals surface area (Å²) >= 11 is 0. The number of ether oxygens (including phenoxy) is 1. The summed E-state index contributed by atoms with van der Waals surface area (Å²) in [5.41, 5.74) is 5.78. The van der Waals surface area contributed by atoms with E-state index in [9.17, 15) is 9.90 Å². The first-order chi connectivity index (χ1) is 19.6. The first kappa shape index (κ1) is 29.2. The van der Waals surface area contributed by atoms with Gasteiger partial charge in [-0.15, -0.1) is 0 Å². The van der Waals surface area contributed by atoms with E-state index >= 15 is 0 Å². The van der Waals surface area contributed by atoms with Crippen LogP contribution >= 0.6 is 0 Å². The Kier molecular flexibility index (Phi) is 8.50. The van der Waals surface area contributed by atoms with Crippen LogP contribution < -0.4 is 9.64 Å².